The molecule has 0 atom stereocenters. The van der Waals surface area contributed by atoms with Crippen LogP contribution in [0.15, 0.2) is 37.2 Å². The van der Waals surface area contributed by atoms with E-state index < -0.39 is 0 Å². The van der Waals surface area contributed by atoms with Crippen molar-refractivity contribution in [3.63, 3.8) is 0 Å². The number of carbonyl (C=O) groups excluding carboxylic acids is 1. The van der Waals surface area contributed by atoms with Crippen LogP contribution in [-0.4, -0.2) is 42.1 Å². The van der Waals surface area contributed by atoms with Gasteiger partial charge in [0.25, 0.3) is 5.91 Å². The molecule has 1 aliphatic rings. The van der Waals surface area contributed by atoms with Crippen LogP contribution >= 0.6 is 0 Å². The number of rotatable bonds is 5. The summed E-state index contributed by atoms with van der Waals surface area (Å²) in [6.45, 7) is 6.62. The van der Waals surface area contributed by atoms with Crippen molar-refractivity contribution in [2.45, 2.75) is 12.8 Å². The summed E-state index contributed by atoms with van der Waals surface area (Å²) in [5, 5.41) is 0. The molecule has 0 bridgehead atoms. The molecule has 19 heavy (non-hydrogen) atoms. The molecule has 0 radical (unpaired) electrons. The topological polar surface area (TPSA) is 42.4 Å². The Morgan fingerprint density at radius 2 is 2.11 bits per heavy atom. The van der Waals surface area contributed by atoms with Crippen molar-refractivity contribution in [2.24, 2.45) is 5.92 Å². The lowest BCUT2D eigenvalue weighted by molar-refractivity contribution is 0.0575. The van der Waals surface area contributed by atoms with Gasteiger partial charge in [-0.15, -0.1) is 6.58 Å². The predicted octanol–water partition coefficient (Wildman–Crippen LogP) is 2.14. The summed E-state index contributed by atoms with van der Waals surface area (Å²) >= 11 is 0. The Labute approximate surface area is 114 Å². The van der Waals surface area contributed by atoms with Gasteiger partial charge in [-0.25, -0.2) is 0 Å². The lowest BCUT2D eigenvalue weighted by Crippen LogP contribution is -2.39. The van der Waals surface area contributed by atoms with Crippen LogP contribution in [0.1, 0.15) is 23.2 Å². The monoisotopic (exact) mass is 260 g/mol. The van der Waals surface area contributed by atoms with Crippen molar-refractivity contribution >= 4 is 5.91 Å². The number of hydrogen-bond acceptors (Lipinski definition) is 3. The number of nitrogens with zero attached hydrogens (tertiary/aromatic N) is 2. The van der Waals surface area contributed by atoms with Gasteiger partial charge in [-0.2, -0.15) is 0 Å². The Balaban J connectivity index is 1.80. The number of carbonyl (C=O) groups is 1. The first kappa shape index (κ1) is 13.7. The molecule has 0 N–H and O–H groups in total. The van der Waals surface area contributed by atoms with Crippen LogP contribution in [0, 0.1) is 5.92 Å². The summed E-state index contributed by atoms with van der Waals surface area (Å²) in [4.78, 5) is 18.1. The van der Waals surface area contributed by atoms with Gasteiger partial charge in [0.15, 0.2) is 0 Å². The van der Waals surface area contributed by atoms with Gasteiger partial charge in [0.2, 0.25) is 0 Å². The highest BCUT2D eigenvalue weighted by atomic mass is 16.5. The average Bonchev–Trinajstić information content (AvgIpc) is 2.48. The SMILES string of the molecule is C=CCOCC1CCN(C(=O)c2ccncc2)CC1. The molecule has 2 rings (SSSR count). The van der Waals surface area contributed by atoms with Gasteiger partial charge in [0.05, 0.1) is 6.61 Å². The first-order valence-corrected chi connectivity index (χ1v) is 6.69. The predicted molar refractivity (Wildman–Crippen MR) is 73.9 cm³/mol. The molecule has 102 valence electrons. The van der Waals surface area contributed by atoms with Crippen LogP contribution in [0.3, 0.4) is 0 Å². The maximum atomic E-state index is 12.2. The third kappa shape index (κ3) is 3.89. The fourth-order valence-corrected chi connectivity index (χ4v) is 2.30. The standard InChI is InChI=1S/C15H20N2O2/c1-2-11-19-12-13-5-9-17(10-6-13)15(18)14-3-7-16-8-4-14/h2-4,7-8,13H,1,5-6,9-12H2. The summed E-state index contributed by atoms with van der Waals surface area (Å²) in [5.74, 6) is 0.661. The van der Waals surface area contributed by atoms with Gasteiger partial charge in [-0.1, -0.05) is 6.08 Å². The summed E-state index contributed by atoms with van der Waals surface area (Å²) in [6, 6.07) is 3.53. The Hall–Kier alpha value is -1.68. The molecule has 0 aliphatic carbocycles. The van der Waals surface area contributed by atoms with Crippen molar-refractivity contribution in [3.05, 3.63) is 42.7 Å². The number of ether oxygens (including phenoxy) is 1. The molecule has 1 aromatic heterocycles. The molecule has 4 nitrogen and oxygen atoms in total. The largest absolute Gasteiger partial charge is 0.377 e. The third-order valence-corrected chi connectivity index (χ3v) is 3.42. The molecular weight excluding hydrogens is 240 g/mol. The van der Waals surface area contributed by atoms with Crippen LogP contribution < -0.4 is 0 Å². The van der Waals surface area contributed by atoms with Crippen LogP contribution in [0.25, 0.3) is 0 Å². The highest BCUT2D eigenvalue weighted by Gasteiger charge is 2.23. The van der Waals surface area contributed by atoms with E-state index >= 15 is 0 Å². The molecule has 0 spiro atoms. The summed E-state index contributed by atoms with van der Waals surface area (Å²) < 4.78 is 5.47. The highest BCUT2D eigenvalue weighted by molar-refractivity contribution is 5.94. The molecule has 0 aromatic carbocycles. The smallest absolute Gasteiger partial charge is 0.253 e. The van der Waals surface area contributed by atoms with Crippen molar-refractivity contribution in [1.82, 2.24) is 9.88 Å². The van der Waals surface area contributed by atoms with E-state index in [1.165, 1.54) is 0 Å². The third-order valence-electron chi connectivity index (χ3n) is 3.42. The second kappa shape index (κ2) is 7.04. The summed E-state index contributed by atoms with van der Waals surface area (Å²) in [7, 11) is 0. The molecule has 1 amide bonds. The van der Waals surface area contributed by atoms with Crippen molar-refractivity contribution < 1.29 is 9.53 Å². The number of hydrogen-bond donors (Lipinski definition) is 0. The minimum atomic E-state index is 0.104. The summed E-state index contributed by atoms with van der Waals surface area (Å²) in [5.41, 5.74) is 0.719. The van der Waals surface area contributed by atoms with E-state index in [9.17, 15) is 4.79 Å². The maximum Gasteiger partial charge on any atom is 0.253 e. The number of likely N-dealkylation sites (tertiary alicyclic amines) is 1. The van der Waals surface area contributed by atoms with Crippen molar-refractivity contribution in [2.75, 3.05) is 26.3 Å². The Morgan fingerprint density at radius 3 is 2.74 bits per heavy atom. The molecular formula is C15H20N2O2. The molecule has 2 heterocycles. The van der Waals surface area contributed by atoms with Gasteiger partial charge in [-0.3, -0.25) is 9.78 Å². The van der Waals surface area contributed by atoms with Crippen LogP contribution in [0.5, 0.6) is 0 Å². The van der Waals surface area contributed by atoms with E-state index in [4.69, 9.17) is 4.74 Å². The molecule has 0 unspecified atom stereocenters. The lowest BCUT2D eigenvalue weighted by atomic mass is 9.97. The molecule has 0 saturated carbocycles. The number of amides is 1. The molecule has 4 heteroatoms. The van der Waals surface area contributed by atoms with E-state index in [2.05, 4.69) is 11.6 Å². The first-order chi connectivity index (χ1) is 9.31. The number of aromatic nitrogens is 1. The van der Waals surface area contributed by atoms with Crippen LogP contribution in [0.4, 0.5) is 0 Å². The second-order valence-electron chi connectivity index (χ2n) is 4.80. The van der Waals surface area contributed by atoms with E-state index in [0.29, 0.717) is 12.5 Å². The first-order valence-electron chi connectivity index (χ1n) is 6.69. The van der Waals surface area contributed by atoms with E-state index in [0.717, 1.165) is 38.1 Å². The van der Waals surface area contributed by atoms with Gasteiger partial charge in [0.1, 0.15) is 0 Å². The van der Waals surface area contributed by atoms with E-state index in [1.807, 2.05) is 4.90 Å². The van der Waals surface area contributed by atoms with Gasteiger partial charge in [-0.05, 0) is 30.9 Å². The maximum absolute atomic E-state index is 12.2. The Kier molecular flexibility index (Phi) is 5.10. The minimum Gasteiger partial charge on any atom is -0.377 e. The van der Waals surface area contributed by atoms with Crippen molar-refractivity contribution in [1.29, 1.82) is 0 Å². The zero-order valence-corrected chi connectivity index (χ0v) is 11.1. The quantitative estimate of drug-likeness (QED) is 0.601. The zero-order valence-electron chi connectivity index (χ0n) is 11.1. The normalized spacial score (nSPS) is 16.3. The Morgan fingerprint density at radius 1 is 1.42 bits per heavy atom. The van der Waals surface area contributed by atoms with Crippen LogP contribution in [0.2, 0.25) is 0 Å². The Bertz CT molecular complexity index is 411. The number of piperidine rings is 1. The highest BCUT2D eigenvalue weighted by Crippen LogP contribution is 2.19. The fourth-order valence-electron chi connectivity index (χ4n) is 2.30. The van der Waals surface area contributed by atoms with E-state index in [1.54, 1.807) is 30.6 Å². The van der Waals surface area contributed by atoms with Gasteiger partial charge in [0, 0.05) is 37.7 Å². The number of pyridine rings is 1. The molecule has 1 fully saturated rings. The zero-order chi connectivity index (χ0) is 13.5. The lowest BCUT2D eigenvalue weighted by Gasteiger charge is -2.31. The fraction of sp³-hybridized carbons (Fsp3) is 0.467. The minimum absolute atomic E-state index is 0.104. The van der Waals surface area contributed by atoms with Gasteiger partial charge >= 0.3 is 0 Å². The summed E-state index contributed by atoms with van der Waals surface area (Å²) in [6.07, 6.45) is 7.09. The van der Waals surface area contributed by atoms with Gasteiger partial charge < -0.3 is 9.64 Å². The molecule has 1 saturated heterocycles. The van der Waals surface area contributed by atoms with E-state index in [-0.39, 0.29) is 5.91 Å². The molecule has 1 aliphatic heterocycles. The second-order valence-corrected chi connectivity index (χ2v) is 4.80. The average molecular weight is 260 g/mol. The molecule has 1 aromatic rings. The van der Waals surface area contributed by atoms with Crippen LogP contribution in [-0.2, 0) is 4.74 Å². The van der Waals surface area contributed by atoms with Crippen molar-refractivity contribution in [3.8, 4) is 0 Å².